The molecule has 0 unspecified atom stereocenters. The first-order chi connectivity index (χ1) is 12.2. The van der Waals surface area contributed by atoms with Crippen molar-refractivity contribution >= 4 is 16.9 Å². The highest BCUT2D eigenvalue weighted by atomic mass is 19.4. The smallest absolute Gasteiger partial charge is 0.347 e. The van der Waals surface area contributed by atoms with E-state index in [9.17, 15) is 22.4 Å². The summed E-state index contributed by atoms with van der Waals surface area (Å²) in [6, 6.07) is 3.43. The molecule has 136 valence electrons. The summed E-state index contributed by atoms with van der Waals surface area (Å²) in [6.07, 6.45) is -0.943. The van der Waals surface area contributed by atoms with Crippen molar-refractivity contribution in [2.24, 2.45) is 7.05 Å². The summed E-state index contributed by atoms with van der Waals surface area (Å²) >= 11 is 0. The van der Waals surface area contributed by atoms with Crippen LogP contribution in [0.4, 0.5) is 17.6 Å². The number of amides is 1. The fourth-order valence-electron chi connectivity index (χ4n) is 2.43. The van der Waals surface area contributed by atoms with E-state index in [2.05, 4.69) is 15.0 Å². The number of fused-ring (bicyclic) bond motifs is 1. The molecule has 0 atom stereocenters. The number of pyridine rings is 1. The number of aryl methyl sites for hydroxylation is 1. The maximum Gasteiger partial charge on any atom is 0.405 e. The summed E-state index contributed by atoms with van der Waals surface area (Å²) in [5, 5.41) is 2.42. The van der Waals surface area contributed by atoms with Crippen molar-refractivity contribution in [3.63, 3.8) is 0 Å². The summed E-state index contributed by atoms with van der Waals surface area (Å²) in [5.74, 6) is -1.69. The molecule has 6 nitrogen and oxygen atoms in total. The van der Waals surface area contributed by atoms with E-state index in [0.717, 1.165) is 11.6 Å². The van der Waals surface area contributed by atoms with Gasteiger partial charge in [-0.3, -0.25) is 4.79 Å². The fourth-order valence-corrected chi connectivity index (χ4v) is 2.43. The number of rotatable bonds is 4. The molecule has 0 aliphatic heterocycles. The Bertz CT molecular complexity index is 967. The van der Waals surface area contributed by atoms with E-state index in [-0.39, 0.29) is 11.5 Å². The lowest BCUT2D eigenvalue weighted by Crippen LogP contribution is -2.35. The molecule has 10 heteroatoms. The number of carbonyl (C=O) groups excluding carboxylic acids is 1. The highest BCUT2D eigenvalue weighted by Gasteiger charge is 2.28. The van der Waals surface area contributed by atoms with Gasteiger partial charge in [0.15, 0.2) is 11.6 Å². The van der Waals surface area contributed by atoms with Crippen LogP contribution in [-0.2, 0) is 18.3 Å². The molecule has 3 aromatic heterocycles. The summed E-state index contributed by atoms with van der Waals surface area (Å²) in [7, 11) is 1.81. The zero-order valence-corrected chi connectivity index (χ0v) is 13.5. The Morgan fingerprint density at radius 2 is 2.04 bits per heavy atom. The topological polar surface area (TPSA) is 72.7 Å². The second-order valence-corrected chi connectivity index (χ2v) is 5.58. The van der Waals surface area contributed by atoms with Gasteiger partial charge >= 0.3 is 6.18 Å². The molecule has 0 spiro atoms. The molecule has 1 N–H and O–H groups in total. The highest BCUT2D eigenvalue weighted by Crippen LogP contribution is 2.25. The van der Waals surface area contributed by atoms with Crippen LogP contribution in [0.2, 0.25) is 0 Å². The third-order valence-corrected chi connectivity index (χ3v) is 3.64. The van der Waals surface area contributed by atoms with Crippen molar-refractivity contribution in [2.75, 3.05) is 6.54 Å². The lowest BCUT2D eigenvalue weighted by atomic mass is 10.1. The second-order valence-electron chi connectivity index (χ2n) is 5.58. The molecule has 0 fully saturated rings. The minimum atomic E-state index is -4.54. The van der Waals surface area contributed by atoms with Gasteiger partial charge in [0, 0.05) is 30.4 Å². The number of hydrogen-bond acceptors (Lipinski definition) is 4. The molecule has 3 heterocycles. The van der Waals surface area contributed by atoms with Gasteiger partial charge in [0.05, 0.1) is 18.3 Å². The predicted octanol–water partition coefficient (Wildman–Crippen LogP) is 2.39. The SMILES string of the molecule is Cn1ccc2c(-c3ncc(F)c(CC(=O)NCC(F)(F)F)n3)ccnc21. The molecular weight excluding hydrogens is 354 g/mol. The zero-order valence-electron chi connectivity index (χ0n) is 13.5. The molecule has 1 amide bonds. The van der Waals surface area contributed by atoms with E-state index in [0.29, 0.717) is 11.2 Å². The largest absolute Gasteiger partial charge is 0.405 e. The number of halogens is 4. The van der Waals surface area contributed by atoms with E-state index < -0.39 is 30.9 Å². The first-order valence-electron chi connectivity index (χ1n) is 7.50. The molecule has 0 saturated heterocycles. The predicted molar refractivity (Wildman–Crippen MR) is 84.5 cm³/mol. The third-order valence-electron chi connectivity index (χ3n) is 3.64. The minimum Gasteiger partial charge on any atom is -0.347 e. The van der Waals surface area contributed by atoms with Crippen LogP contribution in [0, 0.1) is 5.82 Å². The van der Waals surface area contributed by atoms with Crippen molar-refractivity contribution in [1.82, 2.24) is 24.8 Å². The molecule has 0 saturated carbocycles. The lowest BCUT2D eigenvalue weighted by molar-refractivity contribution is -0.138. The van der Waals surface area contributed by atoms with Gasteiger partial charge in [-0.2, -0.15) is 13.2 Å². The maximum absolute atomic E-state index is 13.9. The first-order valence-corrected chi connectivity index (χ1v) is 7.50. The molecule has 0 aromatic carbocycles. The number of hydrogen-bond donors (Lipinski definition) is 1. The zero-order chi connectivity index (χ0) is 18.9. The number of aromatic nitrogens is 4. The van der Waals surface area contributed by atoms with Crippen molar-refractivity contribution in [2.45, 2.75) is 12.6 Å². The number of alkyl halides is 3. The minimum absolute atomic E-state index is 0.156. The van der Waals surface area contributed by atoms with Crippen molar-refractivity contribution in [1.29, 1.82) is 0 Å². The Labute approximate surface area is 144 Å². The van der Waals surface area contributed by atoms with Gasteiger partial charge in [-0.25, -0.2) is 19.3 Å². The normalized spacial score (nSPS) is 11.7. The molecule has 0 radical (unpaired) electrons. The van der Waals surface area contributed by atoms with E-state index in [1.165, 1.54) is 0 Å². The maximum atomic E-state index is 13.9. The van der Waals surface area contributed by atoms with E-state index >= 15 is 0 Å². The van der Waals surface area contributed by atoms with Crippen LogP contribution in [-0.4, -0.2) is 38.1 Å². The Balaban J connectivity index is 1.89. The van der Waals surface area contributed by atoms with Crippen LogP contribution < -0.4 is 5.32 Å². The lowest BCUT2D eigenvalue weighted by Gasteiger charge is -2.09. The highest BCUT2D eigenvalue weighted by molar-refractivity contribution is 5.91. The Kier molecular flexibility index (Phi) is 4.58. The molecule has 0 aliphatic carbocycles. The van der Waals surface area contributed by atoms with E-state index in [4.69, 9.17) is 0 Å². The van der Waals surface area contributed by atoms with Crippen LogP contribution >= 0.6 is 0 Å². The van der Waals surface area contributed by atoms with Crippen LogP contribution in [0.15, 0.2) is 30.7 Å². The number of nitrogens with one attached hydrogen (secondary N) is 1. The van der Waals surface area contributed by atoms with E-state index in [1.54, 1.807) is 41.5 Å². The summed E-state index contributed by atoms with van der Waals surface area (Å²) in [5.41, 5.74) is 0.961. The summed E-state index contributed by atoms with van der Waals surface area (Å²) < 4.78 is 52.1. The van der Waals surface area contributed by atoms with Gasteiger partial charge in [-0.1, -0.05) is 0 Å². The molecule has 26 heavy (non-hydrogen) atoms. The Hall–Kier alpha value is -3.04. The van der Waals surface area contributed by atoms with Crippen molar-refractivity contribution < 1.29 is 22.4 Å². The number of nitrogens with zero attached hydrogens (tertiary/aromatic N) is 4. The average molecular weight is 367 g/mol. The monoisotopic (exact) mass is 367 g/mol. The van der Waals surface area contributed by atoms with Crippen molar-refractivity contribution in [3.8, 4) is 11.4 Å². The van der Waals surface area contributed by atoms with Gasteiger partial charge in [0.25, 0.3) is 0 Å². The van der Waals surface area contributed by atoms with E-state index in [1.807, 2.05) is 0 Å². The molecule has 0 aliphatic rings. The molecule has 3 rings (SSSR count). The summed E-state index contributed by atoms with van der Waals surface area (Å²) in [4.78, 5) is 23.8. The number of carbonyl (C=O) groups is 1. The average Bonchev–Trinajstić information content (AvgIpc) is 2.96. The Morgan fingerprint density at radius 3 is 2.77 bits per heavy atom. The molecular formula is C16H13F4N5O. The molecule has 0 bridgehead atoms. The van der Waals surface area contributed by atoms with Crippen molar-refractivity contribution in [3.05, 3.63) is 42.2 Å². The quantitative estimate of drug-likeness (QED) is 0.719. The summed E-state index contributed by atoms with van der Waals surface area (Å²) in [6.45, 7) is -1.49. The van der Waals surface area contributed by atoms with Gasteiger partial charge in [0.1, 0.15) is 12.2 Å². The van der Waals surface area contributed by atoms with Gasteiger partial charge < -0.3 is 9.88 Å². The van der Waals surface area contributed by atoms with Crippen LogP contribution in [0.3, 0.4) is 0 Å². The first kappa shape index (κ1) is 17.8. The Morgan fingerprint density at radius 1 is 1.27 bits per heavy atom. The standard InChI is InChI=1S/C16H13F4N5O/c1-25-5-3-10-9(2-4-21-15(10)25)14-22-7-11(17)12(24-14)6-13(26)23-8-16(18,19)20/h2-5,7H,6,8H2,1H3,(H,23,26). The van der Waals surface area contributed by atoms with Crippen LogP contribution in [0.1, 0.15) is 5.69 Å². The van der Waals surface area contributed by atoms with Crippen LogP contribution in [0.25, 0.3) is 22.4 Å². The molecule has 3 aromatic rings. The van der Waals surface area contributed by atoms with Crippen LogP contribution in [0.5, 0.6) is 0 Å². The van der Waals surface area contributed by atoms with Gasteiger partial charge in [-0.05, 0) is 12.1 Å². The fraction of sp³-hybridized carbons (Fsp3) is 0.250. The van der Waals surface area contributed by atoms with Gasteiger partial charge in [-0.15, -0.1) is 0 Å². The third kappa shape index (κ3) is 3.79. The second kappa shape index (κ2) is 6.70. The van der Waals surface area contributed by atoms with Gasteiger partial charge in [0.2, 0.25) is 5.91 Å².